The molecule has 2 N–H and O–H groups in total. The monoisotopic (exact) mass is 265 g/mol. The zero-order chi connectivity index (χ0) is 14.2. The summed E-state index contributed by atoms with van der Waals surface area (Å²) >= 11 is 0. The molecule has 2 heterocycles. The van der Waals surface area contributed by atoms with Crippen molar-refractivity contribution in [2.24, 2.45) is 5.92 Å². The van der Waals surface area contributed by atoms with Gasteiger partial charge in [0.1, 0.15) is 12.2 Å². The Balaban J connectivity index is 2.59. The molecule has 0 amide bonds. The number of H-pyrrole nitrogens is 1. The van der Waals surface area contributed by atoms with Crippen LogP contribution in [0.2, 0.25) is 0 Å². The summed E-state index contributed by atoms with van der Waals surface area (Å²) in [7, 11) is 0. The molecule has 1 aromatic rings. The summed E-state index contributed by atoms with van der Waals surface area (Å²) in [6, 6.07) is 2.98. The van der Waals surface area contributed by atoms with Gasteiger partial charge in [-0.1, -0.05) is 13.8 Å². The van der Waals surface area contributed by atoms with Crippen LogP contribution in [-0.2, 0) is 10.5 Å². The Morgan fingerprint density at radius 1 is 1.63 bits per heavy atom. The maximum Gasteiger partial charge on any atom is 0.331 e. The number of nitrogens with one attached hydrogen (secondary N) is 1. The number of aromatic amines is 1. The van der Waals surface area contributed by atoms with Gasteiger partial charge in [0.25, 0.3) is 11.3 Å². The molecular weight excluding hydrogens is 250 g/mol. The third kappa shape index (κ3) is 1.89. The van der Waals surface area contributed by atoms with Gasteiger partial charge in [-0.15, -0.1) is 0 Å². The van der Waals surface area contributed by atoms with Crippen molar-refractivity contribution in [2.45, 2.75) is 38.2 Å². The van der Waals surface area contributed by atoms with Gasteiger partial charge in [-0.05, 0) is 6.42 Å². The largest absolute Gasteiger partial charge is 0.386 e. The molecule has 0 spiro atoms. The number of aliphatic hydroxyl groups is 1. The van der Waals surface area contributed by atoms with E-state index in [0.29, 0.717) is 6.42 Å². The summed E-state index contributed by atoms with van der Waals surface area (Å²) in [5, 5.41) is 19.6. The lowest BCUT2D eigenvalue weighted by atomic mass is 9.94. The molecule has 0 aliphatic carbocycles. The van der Waals surface area contributed by atoms with Crippen molar-refractivity contribution in [3.05, 3.63) is 33.1 Å². The van der Waals surface area contributed by atoms with Crippen LogP contribution < -0.4 is 11.2 Å². The second-order valence-electron chi connectivity index (χ2n) is 4.66. The van der Waals surface area contributed by atoms with Crippen molar-refractivity contribution < 1.29 is 9.84 Å². The average Bonchev–Trinajstić information content (AvgIpc) is 2.64. The molecule has 0 aromatic carbocycles. The number of aliphatic hydroxyl groups excluding tert-OH is 1. The molecule has 0 bridgehead atoms. The SMILES string of the molecule is CC[C@H]1O[C@@](C#N)(n2ccc(=O)[nH]c2=O)[C@H](O)[C@@H]1C. The van der Waals surface area contributed by atoms with Crippen molar-refractivity contribution >= 4 is 0 Å². The second-order valence-corrected chi connectivity index (χ2v) is 4.66. The molecular formula is C12H15N3O4. The highest BCUT2D eigenvalue weighted by Crippen LogP contribution is 2.39. The fraction of sp³-hybridized carbons (Fsp3) is 0.583. The molecule has 4 atom stereocenters. The first kappa shape index (κ1) is 13.5. The minimum atomic E-state index is -1.79. The van der Waals surface area contributed by atoms with E-state index in [1.165, 1.54) is 6.20 Å². The fourth-order valence-corrected chi connectivity index (χ4v) is 2.45. The lowest BCUT2D eigenvalue weighted by Gasteiger charge is -2.26. The van der Waals surface area contributed by atoms with Gasteiger partial charge in [0.2, 0.25) is 0 Å². The first-order valence-corrected chi connectivity index (χ1v) is 6.06. The Kier molecular flexibility index (Phi) is 3.30. The predicted molar refractivity (Wildman–Crippen MR) is 65.2 cm³/mol. The molecule has 1 aliphatic heterocycles. The fourth-order valence-electron chi connectivity index (χ4n) is 2.45. The standard InChI is InChI=1S/C12H15N3O4/c1-3-8-7(2)10(17)12(6-13,19-8)15-5-4-9(16)14-11(15)18/h4-5,7-8,10,17H,3H2,1-2H3,(H,14,16,18)/t7-,8-,10-,12-/m1/s1. The zero-order valence-electron chi connectivity index (χ0n) is 10.7. The van der Waals surface area contributed by atoms with E-state index in [-0.39, 0.29) is 12.0 Å². The number of nitrogens with zero attached hydrogens (tertiary/aromatic N) is 2. The number of hydrogen-bond donors (Lipinski definition) is 2. The number of rotatable bonds is 2. The molecule has 19 heavy (non-hydrogen) atoms. The Morgan fingerprint density at radius 2 is 2.32 bits per heavy atom. The highest BCUT2D eigenvalue weighted by molar-refractivity contribution is 5.11. The van der Waals surface area contributed by atoms with E-state index in [0.717, 1.165) is 10.6 Å². The molecule has 0 unspecified atom stereocenters. The van der Waals surface area contributed by atoms with E-state index in [4.69, 9.17) is 4.74 Å². The summed E-state index contributed by atoms with van der Waals surface area (Å²) in [5.41, 5.74) is -3.14. The van der Waals surface area contributed by atoms with E-state index in [9.17, 15) is 20.0 Å². The van der Waals surface area contributed by atoms with Crippen molar-refractivity contribution in [1.82, 2.24) is 9.55 Å². The van der Waals surface area contributed by atoms with Gasteiger partial charge in [-0.2, -0.15) is 5.26 Å². The van der Waals surface area contributed by atoms with Gasteiger partial charge in [0.05, 0.1) is 6.10 Å². The molecule has 7 heteroatoms. The maximum atomic E-state index is 11.8. The summed E-state index contributed by atoms with van der Waals surface area (Å²) in [6.45, 7) is 3.63. The van der Waals surface area contributed by atoms with Crippen LogP contribution >= 0.6 is 0 Å². The number of hydrogen-bond acceptors (Lipinski definition) is 5. The van der Waals surface area contributed by atoms with Crippen LogP contribution in [0, 0.1) is 17.2 Å². The molecule has 102 valence electrons. The van der Waals surface area contributed by atoms with Crippen LogP contribution in [0.3, 0.4) is 0 Å². The van der Waals surface area contributed by atoms with Gasteiger partial charge in [0, 0.05) is 18.2 Å². The molecule has 1 saturated heterocycles. The van der Waals surface area contributed by atoms with E-state index in [1.54, 1.807) is 6.92 Å². The van der Waals surface area contributed by atoms with Crippen LogP contribution in [0.15, 0.2) is 21.9 Å². The van der Waals surface area contributed by atoms with Crippen molar-refractivity contribution in [1.29, 1.82) is 5.26 Å². The second kappa shape index (κ2) is 4.64. The molecule has 1 aliphatic rings. The molecule has 2 rings (SSSR count). The smallest absolute Gasteiger partial charge is 0.331 e. The lowest BCUT2D eigenvalue weighted by molar-refractivity contribution is -0.101. The molecule has 0 radical (unpaired) electrons. The molecule has 1 fully saturated rings. The average molecular weight is 265 g/mol. The van der Waals surface area contributed by atoms with Gasteiger partial charge in [-0.25, -0.2) is 4.79 Å². The quantitative estimate of drug-likeness (QED) is 0.750. The Labute approximate surface area is 109 Å². The summed E-state index contributed by atoms with van der Waals surface area (Å²) < 4.78 is 6.54. The number of ether oxygens (including phenoxy) is 1. The zero-order valence-corrected chi connectivity index (χ0v) is 10.7. The third-order valence-electron chi connectivity index (χ3n) is 3.56. The number of aromatic nitrogens is 2. The lowest BCUT2D eigenvalue weighted by Crippen LogP contribution is -2.49. The van der Waals surface area contributed by atoms with Gasteiger partial charge >= 0.3 is 5.69 Å². The third-order valence-corrected chi connectivity index (χ3v) is 3.56. The first-order chi connectivity index (χ1) is 8.96. The van der Waals surface area contributed by atoms with Gasteiger partial charge in [0.15, 0.2) is 0 Å². The topological polar surface area (TPSA) is 108 Å². The van der Waals surface area contributed by atoms with Crippen molar-refractivity contribution in [2.75, 3.05) is 0 Å². The summed E-state index contributed by atoms with van der Waals surface area (Å²) in [6.07, 6.45) is 0.303. The summed E-state index contributed by atoms with van der Waals surface area (Å²) in [5.74, 6) is -0.288. The van der Waals surface area contributed by atoms with Gasteiger partial charge in [-0.3, -0.25) is 14.3 Å². The minimum Gasteiger partial charge on any atom is -0.386 e. The van der Waals surface area contributed by atoms with Crippen LogP contribution in [0.5, 0.6) is 0 Å². The van der Waals surface area contributed by atoms with Crippen LogP contribution in [-0.4, -0.2) is 26.9 Å². The van der Waals surface area contributed by atoms with E-state index in [2.05, 4.69) is 4.98 Å². The molecule has 7 nitrogen and oxygen atoms in total. The van der Waals surface area contributed by atoms with Crippen LogP contribution in [0.1, 0.15) is 20.3 Å². The normalized spacial score (nSPS) is 34.1. The van der Waals surface area contributed by atoms with E-state index < -0.39 is 23.1 Å². The van der Waals surface area contributed by atoms with Crippen LogP contribution in [0.25, 0.3) is 0 Å². The highest BCUT2D eigenvalue weighted by Gasteiger charge is 2.54. The summed E-state index contributed by atoms with van der Waals surface area (Å²) in [4.78, 5) is 24.9. The van der Waals surface area contributed by atoms with E-state index in [1.807, 2.05) is 13.0 Å². The predicted octanol–water partition coefficient (Wildman–Crippen LogP) is -0.481. The van der Waals surface area contributed by atoms with E-state index >= 15 is 0 Å². The van der Waals surface area contributed by atoms with Crippen molar-refractivity contribution in [3.63, 3.8) is 0 Å². The first-order valence-electron chi connectivity index (χ1n) is 6.06. The minimum absolute atomic E-state index is 0.288. The van der Waals surface area contributed by atoms with Crippen molar-refractivity contribution in [3.8, 4) is 6.07 Å². The van der Waals surface area contributed by atoms with Crippen LogP contribution in [0.4, 0.5) is 0 Å². The Bertz CT molecular complexity index is 629. The van der Waals surface area contributed by atoms with Gasteiger partial charge < -0.3 is 9.84 Å². The number of nitriles is 1. The maximum absolute atomic E-state index is 11.8. The Morgan fingerprint density at radius 3 is 2.79 bits per heavy atom. The molecule has 0 saturated carbocycles. The molecule has 1 aromatic heterocycles. The Hall–Kier alpha value is -1.91. The highest BCUT2D eigenvalue weighted by atomic mass is 16.6.